The topological polar surface area (TPSA) is 43.4 Å². The van der Waals surface area contributed by atoms with Crippen LogP contribution in [0.1, 0.15) is 16.3 Å². The minimum Gasteiger partial charge on any atom is -0.449 e. The van der Waals surface area contributed by atoms with Crippen molar-refractivity contribution in [2.24, 2.45) is 0 Å². The zero-order valence-electron chi connectivity index (χ0n) is 8.94. The minimum absolute atomic E-state index is 0.0527. The van der Waals surface area contributed by atoms with Crippen molar-refractivity contribution in [3.63, 3.8) is 0 Å². The highest BCUT2D eigenvalue weighted by molar-refractivity contribution is 9.10. The minimum atomic E-state index is -0.493. The Bertz CT molecular complexity index is 742. The number of hydrogen-bond acceptors (Lipinski definition) is 3. The maximum atomic E-state index is 13.4. The van der Waals surface area contributed by atoms with E-state index in [-0.39, 0.29) is 17.1 Å². The van der Waals surface area contributed by atoms with Gasteiger partial charge in [-0.15, -0.1) is 0 Å². The van der Waals surface area contributed by atoms with Crippen molar-refractivity contribution in [3.05, 3.63) is 58.4 Å². The summed E-state index contributed by atoms with van der Waals surface area (Å²) in [5, 5.41) is 0.545. The molecule has 90 valence electrons. The third kappa shape index (κ3) is 1.76. The lowest BCUT2D eigenvalue weighted by atomic mass is 10.2. The molecule has 0 atom stereocenters. The van der Waals surface area contributed by atoms with Crippen molar-refractivity contribution in [1.29, 1.82) is 0 Å². The molecule has 0 saturated carbocycles. The van der Waals surface area contributed by atoms with Gasteiger partial charge in [0, 0.05) is 5.39 Å². The lowest BCUT2D eigenvalue weighted by Crippen LogP contribution is -1.96. The van der Waals surface area contributed by atoms with Gasteiger partial charge in [0.2, 0.25) is 0 Å². The molecule has 0 saturated heterocycles. The zero-order chi connectivity index (χ0) is 12.7. The molecule has 5 heteroatoms. The first-order valence-electron chi connectivity index (χ1n) is 5.13. The molecule has 0 bridgehead atoms. The van der Waals surface area contributed by atoms with Gasteiger partial charge in [0.15, 0.2) is 27.6 Å². The Labute approximate surface area is 109 Å². The first-order valence-corrected chi connectivity index (χ1v) is 5.92. The Hall–Kier alpha value is -1.88. The Balaban J connectivity index is 2.10. The van der Waals surface area contributed by atoms with Gasteiger partial charge in [0.25, 0.3) is 5.78 Å². The Morgan fingerprint density at radius 2 is 1.94 bits per heavy atom. The molecule has 3 rings (SSSR count). The summed E-state index contributed by atoms with van der Waals surface area (Å²) >= 11 is 3.11. The summed E-state index contributed by atoms with van der Waals surface area (Å²) in [6.07, 6.45) is 0. The number of benzene rings is 1. The lowest BCUT2D eigenvalue weighted by Gasteiger charge is -1.91. The number of fused-ring (bicyclic) bond motifs is 1. The van der Waals surface area contributed by atoms with Crippen LogP contribution in [0.2, 0.25) is 0 Å². The maximum Gasteiger partial charge on any atom is 0.263 e. The van der Waals surface area contributed by atoms with Crippen molar-refractivity contribution in [1.82, 2.24) is 0 Å². The van der Waals surface area contributed by atoms with Crippen molar-refractivity contribution in [2.45, 2.75) is 0 Å². The fraction of sp³-hybridized carbons (Fsp3) is 0. The van der Waals surface area contributed by atoms with Crippen LogP contribution in [0.15, 0.2) is 49.9 Å². The van der Waals surface area contributed by atoms with E-state index in [1.54, 1.807) is 18.2 Å². The highest BCUT2D eigenvalue weighted by Gasteiger charge is 2.19. The van der Waals surface area contributed by atoms with Crippen LogP contribution in [-0.2, 0) is 0 Å². The molecule has 3 aromatic rings. The summed E-state index contributed by atoms with van der Waals surface area (Å²) < 4.78 is 24.2. The summed E-state index contributed by atoms with van der Waals surface area (Å²) in [5.41, 5.74) is 0.0754. The molecule has 3 nitrogen and oxygen atoms in total. The summed E-state index contributed by atoms with van der Waals surface area (Å²) in [6.45, 7) is 0. The highest BCUT2D eigenvalue weighted by atomic mass is 79.9. The summed E-state index contributed by atoms with van der Waals surface area (Å²) in [5.74, 6) is -0.721. The SMILES string of the molecule is O=C(c1ccc(Br)o1)c1cc2cccc(F)c2o1. The predicted octanol–water partition coefficient (Wildman–Crippen LogP) is 4.16. The van der Waals surface area contributed by atoms with Gasteiger partial charge in [-0.25, -0.2) is 4.39 Å². The van der Waals surface area contributed by atoms with Gasteiger partial charge in [0.05, 0.1) is 0 Å². The fourth-order valence-corrected chi connectivity index (χ4v) is 2.00. The third-order valence-electron chi connectivity index (χ3n) is 2.52. The highest BCUT2D eigenvalue weighted by Crippen LogP contribution is 2.25. The maximum absolute atomic E-state index is 13.4. The molecule has 0 N–H and O–H groups in total. The number of hydrogen-bond donors (Lipinski definition) is 0. The van der Waals surface area contributed by atoms with Crippen molar-refractivity contribution < 1.29 is 18.0 Å². The van der Waals surface area contributed by atoms with Crippen LogP contribution >= 0.6 is 15.9 Å². The number of halogens is 2. The summed E-state index contributed by atoms with van der Waals surface area (Å²) in [7, 11) is 0. The standard InChI is InChI=1S/C13H6BrFO3/c14-11-5-4-9(17-11)12(16)10-6-7-2-1-3-8(15)13(7)18-10/h1-6H. The van der Waals surface area contributed by atoms with Crippen LogP contribution in [0.3, 0.4) is 0 Å². The van der Waals surface area contributed by atoms with Crippen LogP contribution in [0.5, 0.6) is 0 Å². The smallest absolute Gasteiger partial charge is 0.263 e. The third-order valence-corrected chi connectivity index (χ3v) is 2.94. The van der Waals surface area contributed by atoms with Gasteiger partial charge in [-0.05, 0) is 40.2 Å². The second kappa shape index (κ2) is 4.10. The number of furan rings is 2. The van der Waals surface area contributed by atoms with E-state index in [0.717, 1.165) is 0 Å². The number of carbonyl (C=O) groups excluding carboxylic acids is 1. The largest absolute Gasteiger partial charge is 0.449 e. The first-order chi connectivity index (χ1) is 8.65. The van der Waals surface area contributed by atoms with Gasteiger partial charge < -0.3 is 8.83 Å². The monoisotopic (exact) mass is 308 g/mol. The first kappa shape index (κ1) is 11.2. The molecule has 0 fully saturated rings. The lowest BCUT2D eigenvalue weighted by molar-refractivity contribution is 0.0984. The Morgan fingerprint density at radius 1 is 1.11 bits per heavy atom. The molecule has 0 aliphatic heterocycles. The van der Waals surface area contributed by atoms with Crippen LogP contribution in [0.4, 0.5) is 4.39 Å². The molecule has 18 heavy (non-hydrogen) atoms. The average Bonchev–Trinajstić information content (AvgIpc) is 2.95. The molecular formula is C13H6BrFO3. The van der Waals surface area contributed by atoms with E-state index in [4.69, 9.17) is 8.83 Å². The van der Waals surface area contributed by atoms with Crippen molar-refractivity contribution in [2.75, 3.05) is 0 Å². The average molecular weight is 309 g/mol. The van der Waals surface area contributed by atoms with Crippen molar-refractivity contribution in [3.8, 4) is 0 Å². The van der Waals surface area contributed by atoms with E-state index in [9.17, 15) is 9.18 Å². The van der Waals surface area contributed by atoms with Gasteiger partial charge in [-0.2, -0.15) is 0 Å². The van der Waals surface area contributed by atoms with Gasteiger partial charge in [0.1, 0.15) is 0 Å². The molecule has 0 radical (unpaired) electrons. The zero-order valence-corrected chi connectivity index (χ0v) is 10.5. The van der Waals surface area contributed by atoms with E-state index in [0.29, 0.717) is 10.1 Å². The molecule has 2 heterocycles. The fourth-order valence-electron chi connectivity index (χ4n) is 1.70. The molecule has 1 aromatic carbocycles. The molecule has 0 spiro atoms. The van der Waals surface area contributed by atoms with Crippen LogP contribution in [0, 0.1) is 5.82 Å². The van der Waals surface area contributed by atoms with E-state index >= 15 is 0 Å². The molecule has 0 unspecified atom stereocenters. The Kier molecular flexibility index (Phi) is 2.56. The van der Waals surface area contributed by atoms with Gasteiger partial charge >= 0.3 is 0 Å². The number of rotatable bonds is 2. The van der Waals surface area contributed by atoms with Crippen LogP contribution in [0.25, 0.3) is 11.0 Å². The number of ketones is 1. The Morgan fingerprint density at radius 3 is 2.61 bits per heavy atom. The number of carbonyl (C=O) groups is 1. The molecular weight excluding hydrogens is 303 g/mol. The van der Waals surface area contributed by atoms with E-state index in [1.807, 2.05) is 0 Å². The predicted molar refractivity (Wildman–Crippen MR) is 66.0 cm³/mol. The normalized spacial score (nSPS) is 11.0. The van der Waals surface area contributed by atoms with Crippen LogP contribution < -0.4 is 0 Å². The molecule has 2 aromatic heterocycles. The second-order valence-corrected chi connectivity index (χ2v) is 4.48. The van der Waals surface area contributed by atoms with Gasteiger partial charge in [-0.1, -0.05) is 12.1 Å². The summed E-state index contributed by atoms with van der Waals surface area (Å²) in [6, 6.07) is 9.15. The molecule has 0 amide bonds. The second-order valence-electron chi connectivity index (χ2n) is 3.70. The summed E-state index contributed by atoms with van der Waals surface area (Å²) in [4.78, 5) is 12.0. The molecule has 0 aliphatic carbocycles. The quantitative estimate of drug-likeness (QED) is 0.668. The van der Waals surface area contributed by atoms with E-state index in [1.165, 1.54) is 18.2 Å². The van der Waals surface area contributed by atoms with Gasteiger partial charge in [-0.3, -0.25) is 4.79 Å². The molecule has 0 aliphatic rings. The van der Waals surface area contributed by atoms with E-state index < -0.39 is 11.6 Å². The van der Waals surface area contributed by atoms with Crippen molar-refractivity contribution >= 4 is 32.7 Å². The van der Waals surface area contributed by atoms with Crippen LogP contribution in [-0.4, -0.2) is 5.78 Å². The van der Waals surface area contributed by atoms with E-state index in [2.05, 4.69) is 15.9 Å². The number of para-hydroxylation sites is 1.